The van der Waals surface area contributed by atoms with Gasteiger partial charge in [0.2, 0.25) is 5.91 Å². The normalized spacial score (nSPS) is 10.3. The summed E-state index contributed by atoms with van der Waals surface area (Å²) in [4.78, 5) is 34.6. The highest BCUT2D eigenvalue weighted by Crippen LogP contribution is 2.17. The van der Waals surface area contributed by atoms with Crippen LogP contribution >= 0.6 is 0 Å². The lowest BCUT2D eigenvalue weighted by molar-refractivity contribution is -0.136. The Bertz CT molecular complexity index is 833. The van der Waals surface area contributed by atoms with Crippen molar-refractivity contribution in [2.45, 2.75) is 25.7 Å². The van der Waals surface area contributed by atoms with E-state index < -0.39 is 18.2 Å². The van der Waals surface area contributed by atoms with Crippen LogP contribution in [0.4, 0.5) is 10.1 Å². The van der Waals surface area contributed by atoms with Gasteiger partial charge in [-0.05, 0) is 48.4 Å². The van der Waals surface area contributed by atoms with Crippen molar-refractivity contribution in [1.29, 1.82) is 0 Å². The summed E-state index contributed by atoms with van der Waals surface area (Å²) in [6.07, 6.45) is 0.260. The van der Waals surface area contributed by atoms with Gasteiger partial charge in [-0.1, -0.05) is 6.07 Å². The second kappa shape index (κ2) is 9.47. The molecule has 0 aliphatic heterocycles. The summed E-state index contributed by atoms with van der Waals surface area (Å²) in [6.45, 7) is 0. The van der Waals surface area contributed by atoms with Crippen molar-refractivity contribution >= 4 is 23.3 Å². The molecule has 0 saturated carbocycles. The fourth-order valence-electron chi connectivity index (χ4n) is 2.49. The van der Waals surface area contributed by atoms with Crippen molar-refractivity contribution in [3.63, 3.8) is 0 Å². The molecule has 2 aromatic carbocycles. The zero-order valence-corrected chi connectivity index (χ0v) is 14.8. The van der Waals surface area contributed by atoms with E-state index in [0.29, 0.717) is 17.7 Å². The number of hydrogen-bond donors (Lipinski definition) is 2. The molecule has 0 aliphatic rings. The third-order valence-electron chi connectivity index (χ3n) is 3.90. The van der Waals surface area contributed by atoms with Crippen LogP contribution in [0.25, 0.3) is 0 Å². The maximum atomic E-state index is 13.8. The molecule has 0 unspecified atom stereocenters. The molecule has 0 saturated heterocycles. The van der Waals surface area contributed by atoms with Gasteiger partial charge in [0, 0.05) is 24.1 Å². The lowest BCUT2D eigenvalue weighted by Crippen LogP contribution is -2.12. The van der Waals surface area contributed by atoms with Crippen molar-refractivity contribution < 1.29 is 28.6 Å². The average Bonchev–Trinajstić information content (AvgIpc) is 2.63. The third-order valence-corrected chi connectivity index (χ3v) is 3.90. The number of carbonyl (C=O) groups excluding carboxylic acids is 2. The van der Waals surface area contributed by atoms with Crippen molar-refractivity contribution in [3.05, 3.63) is 59.4 Å². The first kappa shape index (κ1) is 20.1. The molecule has 6 nitrogen and oxygen atoms in total. The van der Waals surface area contributed by atoms with Gasteiger partial charge in [0.15, 0.2) is 5.78 Å². The Morgan fingerprint density at radius 3 is 2.37 bits per heavy atom. The lowest BCUT2D eigenvalue weighted by Gasteiger charge is -2.07. The van der Waals surface area contributed by atoms with Crippen LogP contribution in [0, 0.1) is 5.82 Å². The first-order chi connectivity index (χ1) is 12.9. The number of Topliss-reactive ketones (excluding diaryl/α,β-unsaturated/α-hetero) is 1. The summed E-state index contributed by atoms with van der Waals surface area (Å²) in [5.41, 5.74) is 0.839. The first-order valence-corrected chi connectivity index (χ1v) is 8.36. The third kappa shape index (κ3) is 6.22. The van der Waals surface area contributed by atoms with Gasteiger partial charge in [-0.2, -0.15) is 0 Å². The quantitative estimate of drug-likeness (QED) is 0.657. The molecule has 2 aromatic rings. The van der Waals surface area contributed by atoms with Gasteiger partial charge >= 0.3 is 5.97 Å². The number of carboxylic acid groups (broad SMARTS) is 1. The number of hydrogen-bond acceptors (Lipinski definition) is 4. The van der Waals surface area contributed by atoms with E-state index in [1.807, 2.05) is 0 Å². The van der Waals surface area contributed by atoms with Crippen LogP contribution < -0.4 is 10.1 Å². The SMILES string of the molecule is COc1ccc(C(=O)CCCC(=O)Nc2ccc(CC(=O)O)c(F)c2)cc1. The number of carboxylic acids is 1. The highest BCUT2D eigenvalue weighted by Gasteiger charge is 2.11. The van der Waals surface area contributed by atoms with Crippen LogP contribution in [0.1, 0.15) is 35.2 Å². The number of halogens is 1. The molecule has 0 radical (unpaired) electrons. The molecule has 0 heterocycles. The molecule has 0 atom stereocenters. The molecule has 0 aliphatic carbocycles. The minimum absolute atomic E-state index is 0.0468. The highest BCUT2D eigenvalue weighted by molar-refractivity contribution is 5.97. The number of ketones is 1. The van der Waals surface area contributed by atoms with E-state index in [0.717, 1.165) is 6.07 Å². The molecule has 142 valence electrons. The number of benzene rings is 2. The predicted octanol–water partition coefficient (Wildman–Crippen LogP) is 3.45. The Labute approximate surface area is 156 Å². The van der Waals surface area contributed by atoms with E-state index in [1.54, 1.807) is 31.4 Å². The number of ether oxygens (including phenoxy) is 1. The fraction of sp³-hybridized carbons (Fsp3) is 0.250. The van der Waals surface area contributed by atoms with Gasteiger partial charge < -0.3 is 15.2 Å². The summed E-state index contributed by atoms with van der Waals surface area (Å²) in [6, 6.07) is 10.6. The zero-order valence-electron chi connectivity index (χ0n) is 14.8. The minimum Gasteiger partial charge on any atom is -0.497 e. The Morgan fingerprint density at radius 1 is 1.07 bits per heavy atom. The lowest BCUT2D eigenvalue weighted by atomic mass is 10.1. The first-order valence-electron chi connectivity index (χ1n) is 8.36. The number of rotatable bonds is 9. The number of anilines is 1. The molecular weight excluding hydrogens is 353 g/mol. The molecule has 0 aromatic heterocycles. The number of methoxy groups -OCH3 is 1. The molecular formula is C20H20FNO5. The van der Waals surface area contributed by atoms with Gasteiger partial charge in [0.25, 0.3) is 0 Å². The summed E-state index contributed by atoms with van der Waals surface area (Å²) < 4.78 is 18.8. The van der Waals surface area contributed by atoms with Crippen LogP contribution in [-0.2, 0) is 16.0 Å². The van der Waals surface area contributed by atoms with Crippen molar-refractivity contribution in [1.82, 2.24) is 0 Å². The zero-order chi connectivity index (χ0) is 19.8. The summed E-state index contributed by atoms with van der Waals surface area (Å²) in [7, 11) is 1.54. The summed E-state index contributed by atoms with van der Waals surface area (Å²) >= 11 is 0. The van der Waals surface area contributed by atoms with E-state index >= 15 is 0 Å². The Hall–Kier alpha value is -3.22. The van der Waals surface area contributed by atoms with Crippen LogP contribution in [0.15, 0.2) is 42.5 Å². The van der Waals surface area contributed by atoms with Crippen LogP contribution in [-0.4, -0.2) is 29.9 Å². The largest absolute Gasteiger partial charge is 0.497 e. The predicted molar refractivity (Wildman–Crippen MR) is 97.5 cm³/mol. The van der Waals surface area contributed by atoms with Crippen molar-refractivity contribution in [3.8, 4) is 5.75 Å². The Balaban J connectivity index is 1.81. The maximum absolute atomic E-state index is 13.8. The molecule has 0 bridgehead atoms. The summed E-state index contributed by atoms with van der Waals surface area (Å²) in [5, 5.41) is 11.2. The van der Waals surface area contributed by atoms with E-state index in [-0.39, 0.29) is 35.8 Å². The Kier molecular flexibility index (Phi) is 7.05. The van der Waals surface area contributed by atoms with Crippen molar-refractivity contribution in [2.75, 3.05) is 12.4 Å². The second-order valence-corrected chi connectivity index (χ2v) is 5.93. The topological polar surface area (TPSA) is 92.7 Å². The summed E-state index contributed by atoms with van der Waals surface area (Å²) in [5.74, 6) is -1.58. The molecule has 1 amide bonds. The molecule has 27 heavy (non-hydrogen) atoms. The van der Waals surface area contributed by atoms with E-state index in [1.165, 1.54) is 12.1 Å². The minimum atomic E-state index is -1.13. The van der Waals surface area contributed by atoms with Gasteiger partial charge in [0.05, 0.1) is 13.5 Å². The van der Waals surface area contributed by atoms with Crippen molar-refractivity contribution in [2.24, 2.45) is 0 Å². The highest BCUT2D eigenvalue weighted by atomic mass is 19.1. The molecule has 7 heteroatoms. The van der Waals surface area contributed by atoms with Crippen LogP contribution in [0.2, 0.25) is 0 Å². The van der Waals surface area contributed by atoms with Crippen LogP contribution in [0.5, 0.6) is 5.75 Å². The van der Waals surface area contributed by atoms with Crippen LogP contribution in [0.3, 0.4) is 0 Å². The molecule has 0 fully saturated rings. The van der Waals surface area contributed by atoms with Gasteiger partial charge in [-0.25, -0.2) is 4.39 Å². The van der Waals surface area contributed by atoms with E-state index in [2.05, 4.69) is 5.32 Å². The smallest absolute Gasteiger partial charge is 0.307 e. The van der Waals surface area contributed by atoms with Gasteiger partial charge in [0.1, 0.15) is 11.6 Å². The number of carbonyl (C=O) groups is 3. The maximum Gasteiger partial charge on any atom is 0.307 e. The molecule has 2 N–H and O–H groups in total. The fourth-order valence-corrected chi connectivity index (χ4v) is 2.49. The van der Waals surface area contributed by atoms with E-state index in [4.69, 9.17) is 9.84 Å². The van der Waals surface area contributed by atoms with Gasteiger partial charge in [-0.15, -0.1) is 0 Å². The monoisotopic (exact) mass is 373 g/mol. The number of amides is 1. The molecule has 2 rings (SSSR count). The van der Waals surface area contributed by atoms with E-state index in [9.17, 15) is 18.8 Å². The average molecular weight is 373 g/mol. The second-order valence-electron chi connectivity index (χ2n) is 5.93. The van der Waals surface area contributed by atoms with Gasteiger partial charge in [-0.3, -0.25) is 14.4 Å². The number of nitrogens with one attached hydrogen (secondary N) is 1. The Morgan fingerprint density at radius 2 is 1.78 bits per heavy atom. The standard InChI is InChI=1S/C20H20FNO5/c1-27-16-9-6-13(7-10-16)18(23)3-2-4-19(24)22-15-8-5-14(11-20(25)26)17(21)12-15/h5-10,12H,2-4,11H2,1H3,(H,22,24)(H,25,26). The number of aliphatic carboxylic acids is 1. The molecule has 0 spiro atoms.